The summed E-state index contributed by atoms with van der Waals surface area (Å²) in [6, 6.07) is 6.60. The molecule has 0 aliphatic rings. The minimum Gasteiger partial charge on any atom is -0.399 e. The molecule has 1 rings (SSSR count). The quantitative estimate of drug-likeness (QED) is 0.717. The standard InChI is InChI=1S/C13H21N3O3S/c1-10(2)7-16(8-13(15)17)20(18,19)9-11-3-5-12(14)6-4-11/h3-6,10H,7-9,14H2,1-2H3,(H2,15,17). The maximum atomic E-state index is 12.3. The van der Waals surface area contributed by atoms with Crippen LogP contribution >= 0.6 is 0 Å². The molecule has 4 N–H and O–H groups in total. The number of carbonyl (C=O) groups excluding carboxylic acids is 1. The largest absolute Gasteiger partial charge is 0.399 e. The van der Waals surface area contributed by atoms with Crippen LogP contribution in [0.2, 0.25) is 0 Å². The van der Waals surface area contributed by atoms with Gasteiger partial charge in [-0.3, -0.25) is 4.79 Å². The molecule has 6 nitrogen and oxygen atoms in total. The zero-order chi connectivity index (χ0) is 15.3. The Morgan fingerprint density at radius 3 is 2.25 bits per heavy atom. The number of sulfonamides is 1. The summed E-state index contributed by atoms with van der Waals surface area (Å²) in [6.45, 7) is 3.73. The zero-order valence-corrected chi connectivity index (χ0v) is 12.6. The van der Waals surface area contributed by atoms with Gasteiger partial charge in [0.1, 0.15) is 0 Å². The Morgan fingerprint density at radius 1 is 1.25 bits per heavy atom. The second kappa shape index (κ2) is 6.71. The van der Waals surface area contributed by atoms with Gasteiger partial charge in [0.05, 0.1) is 12.3 Å². The van der Waals surface area contributed by atoms with E-state index in [0.29, 0.717) is 11.3 Å². The maximum absolute atomic E-state index is 12.3. The van der Waals surface area contributed by atoms with Crippen LogP contribution in [-0.2, 0) is 20.6 Å². The summed E-state index contributed by atoms with van der Waals surface area (Å²) in [5.41, 5.74) is 11.9. The molecule has 1 amide bonds. The van der Waals surface area contributed by atoms with E-state index in [1.54, 1.807) is 24.3 Å². The molecule has 1 aromatic carbocycles. The summed E-state index contributed by atoms with van der Waals surface area (Å²) in [4.78, 5) is 11.0. The van der Waals surface area contributed by atoms with E-state index in [1.165, 1.54) is 0 Å². The number of primary amides is 1. The molecule has 0 radical (unpaired) electrons. The van der Waals surface area contributed by atoms with Crippen molar-refractivity contribution in [2.75, 3.05) is 18.8 Å². The number of nitrogens with two attached hydrogens (primary N) is 2. The van der Waals surface area contributed by atoms with Crippen LogP contribution in [0.5, 0.6) is 0 Å². The number of carbonyl (C=O) groups is 1. The van der Waals surface area contributed by atoms with Crippen molar-refractivity contribution in [3.63, 3.8) is 0 Å². The summed E-state index contributed by atoms with van der Waals surface area (Å²) < 4.78 is 25.8. The maximum Gasteiger partial charge on any atom is 0.232 e. The zero-order valence-electron chi connectivity index (χ0n) is 11.7. The van der Waals surface area contributed by atoms with Crippen molar-refractivity contribution in [3.8, 4) is 0 Å². The summed E-state index contributed by atoms with van der Waals surface area (Å²) >= 11 is 0. The molecule has 0 saturated carbocycles. The lowest BCUT2D eigenvalue weighted by Crippen LogP contribution is -2.41. The molecule has 0 aliphatic carbocycles. The third-order valence-electron chi connectivity index (χ3n) is 2.62. The van der Waals surface area contributed by atoms with Crippen LogP contribution in [0.1, 0.15) is 19.4 Å². The highest BCUT2D eigenvalue weighted by Gasteiger charge is 2.24. The normalized spacial score (nSPS) is 12.0. The number of amides is 1. The molecule has 0 aromatic heterocycles. The lowest BCUT2D eigenvalue weighted by atomic mass is 10.2. The summed E-state index contributed by atoms with van der Waals surface area (Å²) in [5.74, 6) is -0.727. The van der Waals surface area contributed by atoms with Crippen molar-refractivity contribution in [3.05, 3.63) is 29.8 Å². The van der Waals surface area contributed by atoms with Crippen LogP contribution in [0.4, 0.5) is 5.69 Å². The van der Waals surface area contributed by atoms with Crippen molar-refractivity contribution in [2.45, 2.75) is 19.6 Å². The van der Waals surface area contributed by atoms with E-state index in [1.807, 2.05) is 13.8 Å². The molecular weight excluding hydrogens is 278 g/mol. The van der Waals surface area contributed by atoms with Gasteiger partial charge in [-0.15, -0.1) is 0 Å². The number of rotatable bonds is 7. The molecule has 0 spiro atoms. The van der Waals surface area contributed by atoms with Gasteiger partial charge in [0, 0.05) is 12.2 Å². The van der Waals surface area contributed by atoms with E-state index in [2.05, 4.69) is 0 Å². The molecule has 0 aliphatic heterocycles. The Labute approximate surface area is 119 Å². The van der Waals surface area contributed by atoms with Gasteiger partial charge >= 0.3 is 0 Å². The van der Waals surface area contributed by atoms with Gasteiger partial charge in [0.2, 0.25) is 15.9 Å². The number of nitrogen functional groups attached to an aromatic ring is 1. The third kappa shape index (κ3) is 5.18. The van der Waals surface area contributed by atoms with Crippen molar-refractivity contribution in [1.29, 1.82) is 0 Å². The molecule has 0 heterocycles. The van der Waals surface area contributed by atoms with Crippen molar-refractivity contribution < 1.29 is 13.2 Å². The van der Waals surface area contributed by atoms with E-state index >= 15 is 0 Å². The second-order valence-corrected chi connectivity index (χ2v) is 7.12. The highest BCUT2D eigenvalue weighted by atomic mass is 32.2. The average Bonchev–Trinajstić information content (AvgIpc) is 2.30. The van der Waals surface area contributed by atoms with Gasteiger partial charge in [0.15, 0.2) is 0 Å². The van der Waals surface area contributed by atoms with Crippen LogP contribution in [0.3, 0.4) is 0 Å². The Morgan fingerprint density at radius 2 is 1.80 bits per heavy atom. The first-order valence-corrected chi connectivity index (χ1v) is 7.92. The van der Waals surface area contributed by atoms with Crippen LogP contribution in [0.25, 0.3) is 0 Å². The minimum atomic E-state index is -3.59. The van der Waals surface area contributed by atoms with E-state index in [-0.39, 0.29) is 24.8 Å². The summed E-state index contributed by atoms with van der Waals surface area (Å²) in [7, 11) is -3.59. The molecule has 0 unspecified atom stereocenters. The molecule has 0 fully saturated rings. The number of anilines is 1. The van der Waals surface area contributed by atoms with E-state index in [4.69, 9.17) is 11.5 Å². The third-order valence-corrected chi connectivity index (χ3v) is 4.39. The smallest absolute Gasteiger partial charge is 0.232 e. The van der Waals surface area contributed by atoms with E-state index in [9.17, 15) is 13.2 Å². The Bertz CT molecular complexity index is 553. The molecule has 112 valence electrons. The predicted octanol–water partition coefficient (Wildman–Crippen LogP) is 0.542. The fourth-order valence-electron chi connectivity index (χ4n) is 1.77. The van der Waals surface area contributed by atoms with Gasteiger partial charge in [0.25, 0.3) is 0 Å². The van der Waals surface area contributed by atoms with Crippen molar-refractivity contribution >= 4 is 21.6 Å². The molecule has 20 heavy (non-hydrogen) atoms. The molecular formula is C13H21N3O3S. The Kier molecular flexibility index (Phi) is 5.52. The van der Waals surface area contributed by atoms with Crippen LogP contribution < -0.4 is 11.5 Å². The average molecular weight is 299 g/mol. The highest BCUT2D eigenvalue weighted by Crippen LogP contribution is 2.14. The van der Waals surface area contributed by atoms with Gasteiger partial charge in [-0.2, -0.15) is 4.31 Å². The number of hydrogen-bond acceptors (Lipinski definition) is 4. The van der Waals surface area contributed by atoms with Crippen LogP contribution in [0, 0.1) is 5.92 Å². The second-order valence-electron chi connectivity index (χ2n) is 5.15. The molecule has 1 aromatic rings. The first-order valence-electron chi connectivity index (χ1n) is 6.31. The summed E-state index contributed by atoms with van der Waals surface area (Å²) in [6.07, 6.45) is 0. The van der Waals surface area contributed by atoms with Crippen LogP contribution in [0.15, 0.2) is 24.3 Å². The Balaban J connectivity index is 2.91. The van der Waals surface area contributed by atoms with Gasteiger partial charge in [-0.05, 0) is 23.6 Å². The first-order chi connectivity index (χ1) is 9.20. The Hall–Kier alpha value is -1.60. The van der Waals surface area contributed by atoms with Crippen molar-refractivity contribution in [1.82, 2.24) is 4.31 Å². The lowest BCUT2D eigenvalue weighted by molar-refractivity contribution is -0.118. The lowest BCUT2D eigenvalue weighted by Gasteiger charge is -2.22. The van der Waals surface area contributed by atoms with Crippen molar-refractivity contribution in [2.24, 2.45) is 11.7 Å². The van der Waals surface area contributed by atoms with Gasteiger partial charge in [-0.1, -0.05) is 26.0 Å². The van der Waals surface area contributed by atoms with Gasteiger partial charge < -0.3 is 11.5 Å². The molecule has 0 saturated heterocycles. The summed E-state index contributed by atoms with van der Waals surface area (Å²) in [5, 5.41) is 0. The number of benzene rings is 1. The number of nitrogens with zero attached hydrogens (tertiary/aromatic N) is 1. The number of hydrogen-bond donors (Lipinski definition) is 2. The fourth-order valence-corrected chi connectivity index (χ4v) is 3.42. The SMILES string of the molecule is CC(C)CN(CC(N)=O)S(=O)(=O)Cc1ccc(N)cc1. The highest BCUT2D eigenvalue weighted by molar-refractivity contribution is 7.88. The molecule has 0 bridgehead atoms. The minimum absolute atomic E-state index is 0.107. The molecule has 0 atom stereocenters. The first kappa shape index (κ1) is 16.5. The van der Waals surface area contributed by atoms with E-state index < -0.39 is 15.9 Å². The monoisotopic (exact) mass is 299 g/mol. The topological polar surface area (TPSA) is 106 Å². The predicted molar refractivity (Wildman–Crippen MR) is 79.1 cm³/mol. The molecule has 7 heteroatoms. The van der Waals surface area contributed by atoms with Gasteiger partial charge in [-0.25, -0.2) is 8.42 Å². The fraction of sp³-hybridized carbons (Fsp3) is 0.462. The van der Waals surface area contributed by atoms with E-state index in [0.717, 1.165) is 4.31 Å². The van der Waals surface area contributed by atoms with Crippen LogP contribution in [-0.4, -0.2) is 31.7 Å².